The van der Waals surface area contributed by atoms with Gasteiger partial charge in [0.2, 0.25) is 6.79 Å². The molecule has 2 aromatic carbocycles. The van der Waals surface area contributed by atoms with Gasteiger partial charge in [-0.2, -0.15) is 0 Å². The van der Waals surface area contributed by atoms with E-state index in [2.05, 4.69) is 0 Å². The van der Waals surface area contributed by atoms with Crippen LogP contribution in [0, 0.1) is 0 Å². The zero-order valence-corrected chi connectivity index (χ0v) is 11.8. The molecule has 0 bridgehead atoms. The molecule has 1 aromatic heterocycles. The Kier molecular flexibility index (Phi) is 2.79. The molecule has 0 spiro atoms. The van der Waals surface area contributed by atoms with Crippen LogP contribution in [0.15, 0.2) is 51.7 Å². The van der Waals surface area contributed by atoms with Crippen LogP contribution < -0.4 is 19.8 Å². The number of hydrogen-bond acceptors (Lipinski definition) is 5. The van der Waals surface area contributed by atoms with Crippen LogP contribution in [-0.2, 0) is 0 Å². The molecule has 0 saturated carbocycles. The van der Waals surface area contributed by atoms with Crippen molar-refractivity contribution < 1.29 is 18.6 Å². The second kappa shape index (κ2) is 4.80. The molecule has 5 nitrogen and oxygen atoms in total. The van der Waals surface area contributed by atoms with Gasteiger partial charge in [0, 0.05) is 17.0 Å². The first-order valence-corrected chi connectivity index (χ1v) is 6.76. The predicted molar refractivity (Wildman–Crippen MR) is 80.6 cm³/mol. The molecule has 0 amide bonds. The molecule has 5 heteroatoms. The lowest BCUT2D eigenvalue weighted by Gasteiger charge is -2.08. The van der Waals surface area contributed by atoms with Gasteiger partial charge in [-0.3, -0.25) is 0 Å². The first-order valence-electron chi connectivity index (χ1n) is 6.76. The number of fused-ring (bicyclic) bond motifs is 2. The van der Waals surface area contributed by atoms with Crippen LogP contribution in [0.5, 0.6) is 17.2 Å². The fraction of sp³-hybridized carbons (Fsp3) is 0.118. The van der Waals surface area contributed by atoms with Crippen molar-refractivity contribution in [3.63, 3.8) is 0 Å². The van der Waals surface area contributed by atoms with Gasteiger partial charge in [0.15, 0.2) is 11.5 Å². The first kappa shape index (κ1) is 12.8. The maximum Gasteiger partial charge on any atom is 0.336 e. The summed E-state index contributed by atoms with van der Waals surface area (Å²) in [6.07, 6.45) is 0. The van der Waals surface area contributed by atoms with E-state index in [0.29, 0.717) is 22.8 Å². The maximum absolute atomic E-state index is 11.8. The monoisotopic (exact) mass is 296 g/mol. The summed E-state index contributed by atoms with van der Waals surface area (Å²) in [4.78, 5) is 11.8. The summed E-state index contributed by atoms with van der Waals surface area (Å²) < 4.78 is 21.2. The van der Waals surface area contributed by atoms with Crippen LogP contribution in [0.2, 0.25) is 0 Å². The normalized spacial score (nSPS) is 12.6. The van der Waals surface area contributed by atoms with E-state index in [4.69, 9.17) is 18.6 Å². The van der Waals surface area contributed by atoms with Crippen LogP contribution >= 0.6 is 0 Å². The van der Waals surface area contributed by atoms with Gasteiger partial charge < -0.3 is 18.6 Å². The molecule has 0 aliphatic carbocycles. The number of rotatable bonds is 2. The highest BCUT2D eigenvalue weighted by Crippen LogP contribution is 2.38. The van der Waals surface area contributed by atoms with E-state index in [0.717, 1.165) is 16.5 Å². The van der Waals surface area contributed by atoms with Gasteiger partial charge in [-0.1, -0.05) is 6.07 Å². The Labute approximate surface area is 125 Å². The lowest BCUT2D eigenvalue weighted by Crippen LogP contribution is -1.98. The van der Waals surface area contributed by atoms with E-state index in [1.807, 2.05) is 24.3 Å². The van der Waals surface area contributed by atoms with Crippen LogP contribution in [0.4, 0.5) is 0 Å². The summed E-state index contributed by atoms with van der Waals surface area (Å²) in [5.74, 6) is 2.07. The van der Waals surface area contributed by atoms with Crippen LogP contribution in [-0.4, -0.2) is 13.9 Å². The molecule has 1 aliphatic rings. The molecular weight excluding hydrogens is 284 g/mol. The third-order valence-electron chi connectivity index (χ3n) is 3.63. The van der Waals surface area contributed by atoms with Gasteiger partial charge >= 0.3 is 5.63 Å². The number of benzene rings is 2. The van der Waals surface area contributed by atoms with Crippen LogP contribution in [0.25, 0.3) is 22.1 Å². The summed E-state index contributed by atoms with van der Waals surface area (Å²) in [5, 5.41) is 0.804. The van der Waals surface area contributed by atoms with Crippen molar-refractivity contribution in [3.05, 3.63) is 52.9 Å². The van der Waals surface area contributed by atoms with E-state index >= 15 is 0 Å². The first-order chi connectivity index (χ1) is 10.7. The highest BCUT2D eigenvalue weighted by molar-refractivity contribution is 5.94. The molecule has 0 unspecified atom stereocenters. The predicted octanol–water partition coefficient (Wildman–Crippen LogP) is 3.20. The number of methoxy groups -OCH3 is 1. The average Bonchev–Trinajstić information content (AvgIpc) is 3.01. The molecule has 110 valence electrons. The topological polar surface area (TPSA) is 57.9 Å². The molecule has 0 fully saturated rings. The van der Waals surface area contributed by atoms with Crippen molar-refractivity contribution in [2.24, 2.45) is 0 Å². The molecule has 0 saturated heterocycles. The van der Waals surface area contributed by atoms with Crippen molar-refractivity contribution in [2.75, 3.05) is 13.9 Å². The van der Waals surface area contributed by atoms with Gasteiger partial charge in [-0.25, -0.2) is 4.79 Å². The van der Waals surface area contributed by atoms with Gasteiger partial charge in [-0.05, 0) is 35.9 Å². The number of hydrogen-bond donors (Lipinski definition) is 0. The molecule has 0 atom stereocenters. The molecule has 22 heavy (non-hydrogen) atoms. The Morgan fingerprint density at radius 3 is 2.73 bits per heavy atom. The van der Waals surface area contributed by atoms with Crippen molar-refractivity contribution >= 4 is 11.0 Å². The molecular formula is C17H12O5. The highest BCUT2D eigenvalue weighted by Gasteiger charge is 2.16. The largest absolute Gasteiger partial charge is 0.497 e. The highest BCUT2D eigenvalue weighted by atomic mass is 16.7. The Hall–Kier alpha value is -2.95. The quantitative estimate of drug-likeness (QED) is 0.680. The SMILES string of the molecule is COc1ccc2oc(=O)cc(-c3ccc4c(c3)OCO4)c2c1. The van der Waals surface area contributed by atoms with Crippen LogP contribution in [0.1, 0.15) is 0 Å². The van der Waals surface area contributed by atoms with E-state index in [9.17, 15) is 4.79 Å². The van der Waals surface area contributed by atoms with Gasteiger partial charge in [0.05, 0.1) is 7.11 Å². The second-order valence-corrected chi connectivity index (χ2v) is 4.91. The fourth-order valence-corrected chi connectivity index (χ4v) is 2.57. The van der Waals surface area contributed by atoms with Crippen molar-refractivity contribution in [3.8, 4) is 28.4 Å². The summed E-state index contributed by atoms with van der Waals surface area (Å²) in [5.41, 5.74) is 1.74. The van der Waals surface area contributed by atoms with Crippen molar-refractivity contribution in [2.45, 2.75) is 0 Å². The Morgan fingerprint density at radius 2 is 1.86 bits per heavy atom. The minimum atomic E-state index is -0.398. The summed E-state index contributed by atoms with van der Waals surface area (Å²) in [6, 6.07) is 12.4. The Bertz CT molecular complexity index is 926. The molecule has 1 aliphatic heterocycles. The Morgan fingerprint density at radius 1 is 1.00 bits per heavy atom. The number of ether oxygens (including phenoxy) is 3. The van der Waals surface area contributed by atoms with E-state index in [1.165, 1.54) is 6.07 Å². The molecule has 0 N–H and O–H groups in total. The molecule has 3 aromatic rings. The fourth-order valence-electron chi connectivity index (χ4n) is 2.57. The van der Waals surface area contributed by atoms with Gasteiger partial charge in [-0.15, -0.1) is 0 Å². The third-order valence-corrected chi connectivity index (χ3v) is 3.63. The smallest absolute Gasteiger partial charge is 0.336 e. The molecule has 2 heterocycles. The van der Waals surface area contributed by atoms with Gasteiger partial charge in [0.25, 0.3) is 0 Å². The second-order valence-electron chi connectivity index (χ2n) is 4.91. The lowest BCUT2D eigenvalue weighted by atomic mass is 10.0. The van der Waals surface area contributed by atoms with Crippen LogP contribution in [0.3, 0.4) is 0 Å². The summed E-state index contributed by atoms with van der Waals surface area (Å²) >= 11 is 0. The minimum absolute atomic E-state index is 0.213. The van der Waals surface area contributed by atoms with E-state index in [-0.39, 0.29) is 6.79 Å². The zero-order valence-electron chi connectivity index (χ0n) is 11.8. The third kappa shape index (κ3) is 1.98. The maximum atomic E-state index is 11.8. The minimum Gasteiger partial charge on any atom is -0.497 e. The lowest BCUT2D eigenvalue weighted by molar-refractivity contribution is 0.174. The molecule has 0 radical (unpaired) electrons. The average molecular weight is 296 g/mol. The zero-order chi connectivity index (χ0) is 15.1. The van der Waals surface area contributed by atoms with Crippen molar-refractivity contribution in [1.29, 1.82) is 0 Å². The van der Waals surface area contributed by atoms with E-state index < -0.39 is 5.63 Å². The Balaban J connectivity index is 1.98. The summed E-state index contributed by atoms with van der Waals surface area (Å²) in [6.45, 7) is 0.213. The molecule has 4 rings (SSSR count). The van der Waals surface area contributed by atoms with E-state index in [1.54, 1.807) is 19.2 Å². The standard InChI is InChI=1S/C17H12O5/c1-19-11-3-5-14-13(7-11)12(8-17(18)22-14)10-2-4-15-16(6-10)21-9-20-15/h2-8H,9H2,1H3. The van der Waals surface area contributed by atoms with Gasteiger partial charge in [0.1, 0.15) is 11.3 Å². The van der Waals surface area contributed by atoms with Crippen molar-refractivity contribution in [1.82, 2.24) is 0 Å². The summed E-state index contributed by atoms with van der Waals surface area (Å²) in [7, 11) is 1.60.